The van der Waals surface area contributed by atoms with E-state index in [-0.39, 0.29) is 0 Å². The minimum Gasteiger partial charge on any atom is -0.497 e. The van der Waals surface area contributed by atoms with Gasteiger partial charge in [0.25, 0.3) is 0 Å². The Morgan fingerprint density at radius 1 is 1.07 bits per heavy atom. The Bertz CT molecular complexity index is 824. The van der Waals surface area contributed by atoms with Gasteiger partial charge in [0.1, 0.15) is 11.9 Å². The highest BCUT2D eigenvalue weighted by Crippen LogP contribution is 2.25. The lowest BCUT2D eigenvalue weighted by Crippen LogP contribution is -2.46. The number of benzene rings is 2. The van der Waals surface area contributed by atoms with Crippen molar-refractivity contribution < 1.29 is 23.0 Å². The minimum absolute atomic E-state index is 0.388. The lowest BCUT2D eigenvalue weighted by Gasteiger charge is -2.36. The van der Waals surface area contributed by atoms with Crippen molar-refractivity contribution in [3.05, 3.63) is 59.7 Å². The molecule has 3 rings (SSSR count). The van der Waals surface area contributed by atoms with E-state index in [1.165, 1.54) is 6.07 Å². The summed E-state index contributed by atoms with van der Waals surface area (Å²) in [4.78, 5) is 15.8. The van der Waals surface area contributed by atoms with E-state index in [0.29, 0.717) is 18.5 Å². The standard InChI is InChI=1S/C21H25F2N3O3/c1-28-17-5-3-16(4-6-17)26-12-10-25(11-13-26)9-8-20(29-21(24)27)15-2-7-18(22)19(23)14-15/h2-7,14,20H,8-13H2,1H3,(H2,24,27). The number of methoxy groups -OCH3 is 1. The number of halogens is 2. The number of piperazine rings is 1. The van der Waals surface area contributed by atoms with Crippen LogP contribution in [0.4, 0.5) is 19.3 Å². The van der Waals surface area contributed by atoms with Crippen molar-refractivity contribution in [2.75, 3.05) is 44.7 Å². The predicted molar refractivity (Wildman–Crippen MR) is 106 cm³/mol. The fourth-order valence-electron chi connectivity index (χ4n) is 3.47. The molecular formula is C21H25F2N3O3. The molecule has 8 heteroatoms. The molecule has 29 heavy (non-hydrogen) atoms. The largest absolute Gasteiger partial charge is 0.497 e. The fourth-order valence-corrected chi connectivity index (χ4v) is 3.47. The first kappa shape index (κ1) is 20.9. The molecule has 0 bridgehead atoms. The van der Waals surface area contributed by atoms with Crippen LogP contribution in [0.25, 0.3) is 0 Å². The molecule has 1 heterocycles. The average molecular weight is 405 g/mol. The summed E-state index contributed by atoms with van der Waals surface area (Å²) in [5.41, 5.74) is 6.68. The van der Waals surface area contributed by atoms with Crippen molar-refractivity contribution in [1.82, 2.24) is 4.90 Å². The number of amides is 1. The number of hydrogen-bond acceptors (Lipinski definition) is 5. The number of nitrogens with two attached hydrogens (primary N) is 1. The number of carbonyl (C=O) groups is 1. The van der Waals surface area contributed by atoms with Gasteiger partial charge in [0.05, 0.1) is 7.11 Å². The van der Waals surface area contributed by atoms with Gasteiger partial charge < -0.3 is 20.1 Å². The second kappa shape index (κ2) is 9.56. The van der Waals surface area contributed by atoms with Crippen molar-refractivity contribution in [3.8, 4) is 5.75 Å². The summed E-state index contributed by atoms with van der Waals surface area (Å²) in [5.74, 6) is -1.10. The molecule has 1 aliphatic rings. The maximum Gasteiger partial charge on any atom is 0.405 e. The van der Waals surface area contributed by atoms with Crippen LogP contribution in [0.2, 0.25) is 0 Å². The van der Waals surface area contributed by atoms with Crippen LogP contribution >= 0.6 is 0 Å². The van der Waals surface area contributed by atoms with Crippen molar-refractivity contribution in [2.45, 2.75) is 12.5 Å². The Hall–Kier alpha value is -2.87. The smallest absolute Gasteiger partial charge is 0.405 e. The number of hydrogen-bond donors (Lipinski definition) is 1. The number of anilines is 1. The van der Waals surface area contributed by atoms with E-state index >= 15 is 0 Å². The molecule has 2 N–H and O–H groups in total. The number of rotatable bonds is 7. The minimum atomic E-state index is -0.978. The van der Waals surface area contributed by atoms with Crippen LogP contribution in [0, 0.1) is 11.6 Å². The maximum absolute atomic E-state index is 13.6. The highest BCUT2D eigenvalue weighted by Gasteiger charge is 2.21. The molecule has 1 aliphatic heterocycles. The summed E-state index contributed by atoms with van der Waals surface area (Å²) in [5, 5.41) is 0. The van der Waals surface area contributed by atoms with Crippen LogP contribution < -0.4 is 15.4 Å². The third kappa shape index (κ3) is 5.57. The quantitative estimate of drug-likeness (QED) is 0.765. The van der Waals surface area contributed by atoms with Crippen molar-refractivity contribution in [3.63, 3.8) is 0 Å². The van der Waals surface area contributed by atoms with E-state index in [1.54, 1.807) is 7.11 Å². The van der Waals surface area contributed by atoms with Gasteiger partial charge in [-0.25, -0.2) is 13.6 Å². The lowest BCUT2D eigenvalue weighted by molar-refractivity contribution is 0.0908. The molecule has 2 aromatic carbocycles. The molecule has 1 saturated heterocycles. The van der Waals surface area contributed by atoms with E-state index in [9.17, 15) is 13.6 Å². The number of nitrogens with zero attached hydrogens (tertiary/aromatic N) is 2. The van der Waals surface area contributed by atoms with Gasteiger partial charge in [0.15, 0.2) is 11.6 Å². The zero-order chi connectivity index (χ0) is 20.8. The summed E-state index contributed by atoms with van der Waals surface area (Å²) in [7, 11) is 1.64. The van der Waals surface area contributed by atoms with Gasteiger partial charge in [0, 0.05) is 44.8 Å². The molecule has 6 nitrogen and oxygen atoms in total. The van der Waals surface area contributed by atoms with Crippen LogP contribution in [-0.2, 0) is 4.74 Å². The Labute approximate surface area is 168 Å². The Morgan fingerprint density at radius 3 is 2.34 bits per heavy atom. The van der Waals surface area contributed by atoms with Crippen LogP contribution in [0.3, 0.4) is 0 Å². The number of ether oxygens (including phenoxy) is 2. The Kier molecular flexibility index (Phi) is 6.87. The van der Waals surface area contributed by atoms with Crippen LogP contribution in [0.15, 0.2) is 42.5 Å². The fraction of sp³-hybridized carbons (Fsp3) is 0.381. The van der Waals surface area contributed by atoms with Gasteiger partial charge in [-0.2, -0.15) is 0 Å². The summed E-state index contributed by atoms with van der Waals surface area (Å²) >= 11 is 0. The second-order valence-electron chi connectivity index (χ2n) is 6.91. The van der Waals surface area contributed by atoms with Crippen molar-refractivity contribution >= 4 is 11.8 Å². The third-order valence-electron chi connectivity index (χ3n) is 5.09. The van der Waals surface area contributed by atoms with Gasteiger partial charge in [-0.15, -0.1) is 0 Å². The normalized spacial score (nSPS) is 15.8. The molecule has 0 saturated carbocycles. The van der Waals surface area contributed by atoms with E-state index in [4.69, 9.17) is 15.2 Å². The Balaban J connectivity index is 1.55. The van der Waals surface area contributed by atoms with Crippen LogP contribution in [0.5, 0.6) is 5.75 Å². The highest BCUT2D eigenvalue weighted by molar-refractivity contribution is 5.65. The summed E-state index contributed by atoms with van der Waals surface area (Å²) in [6.07, 6.45) is -1.22. The van der Waals surface area contributed by atoms with Gasteiger partial charge in [-0.3, -0.25) is 4.90 Å². The van der Waals surface area contributed by atoms with E-state index in [2.05, 4.69) is 9.80 Å². The lowest BCUT2D eigenvalue weighted by atomic mass is 10.1. The average Bonchev–Trinajstić information content (AvgIpc) is 2.73. The van der Waals surface area contributed by atoms with E-state index < -0.39 is 23.8 Å². The molecule has 156 valence electrons. The van der Waals surface area contributed by atoms with Gasteiger partial charge in [-0.05, 0) is 42.0 Å². The first-order chi connectivity index (χ1) is 14.0. The van der Waals surface area contributed by atoms with E-state index in [1.807, 2.05) is 24.3 Å². The van der Waals surface area contributed by atoms with Crippen LogP contribution in [-0.4, -0.2) is 50.8 Å². The van der Waals surface area contributed by atoms with E-state index in [0.717, 1.165) is 49.7 Å². The zero-order valence-electron chi connectivity index (χ0n) is 16.3. The van der Waals surface area contributed by atoms with Crippen LogP contribution in [0.1, 0.15) is 18.1 Å². The predicted octanol–water partition coefficient (Wildman–Crippen LogP) is 3.32. The molecule has 0 aliphatic carbocycles. The molecular weight excluding hydrogens is 380 g/mol. The molecule has 1 fully saturated rings. The molecule has 0 aromatic heterocycles. The molecule has 1 amide bonds. The highest BCUT2D eigenvalue weighted by atomic mass is 19.2. The van der Waals surface area contributed by atoms with Gasteiger partial charge in [-0.1, -0.05) is 6.07 Å². The monoisotopic (exact) mass is 405 g/mol. The zero-order valence-corrected chi connectivity index (χ0v) is 16.3. The summed E-state index contributed by atoms with van der Waals surface area (Å²) in [6.45, 7) is 4.05. The Morgan fingerprint density at radius 2 is 1.76 bits per heavy atom. The molecule has 1 unspecified atom stereocenters. The number of primary amides is 1. The summed E-state index contributed by atoms with van der Waals surface area (Å²) in [6, 6.07) is 11.4. The van der Waals surface area contributed by atoms with Gasteiger partial charge >= 0.3 is 6.09 Å². The SMILES string of the molecule is COc1ccc(N2CCN(CCC(OC(N)=O)c3ccc(F)c(F)c3)CC2)cc1. The van der Waals surface area contributed by atoms with Crippen molar-refractivity contribution in [2.24, 2.45) is 5.73 Å². The number of carbonyl (C=O) groups excluding carboxylic acids is 1. The topological polar surface area (TPSA) is 68.0 Å². The maximum atomic E-state index is 13.6. The molecule has 2 aromatic rings. The third-order valence-corrected chi connectivity index (χ3v) is 5.09. The molecule has 0 spiro atoms. The van der Waals surface area contributed by atoms with Gasteiger partial charge in [0.2, 0.25) is 0 Å². The van der Waals surface area contributed by atoms with Crippen molar-refractivity contribution in [1.29, 1.82) is 0 Å². The second-order valence-corrected chi connectivity index (χ2v) is 6.91. The first-order valence-corrected chi connectivity index (χ1v) is 9.48. The molecule has 0 radical (unpaired) electrons. The summed E-state index contributed by atoms with van der Waals surface area (Å²) < 4.78 is 37.1. The molecule has 1 atom stereocenters. The first-order valence-electron chi connectivity index (χ1n) is 9.48.